The summed E-state index contributed by atoms with van der Waals surface area (Å²) in [6.45, 7) is 14.0. The van der Waals surface area contributed by atoms with E-state index >= 15 is 0 Å². The van der Waals surface area contributed by atoms with E-state index < -0.39 is 97.5 Å². The van der Waals surface area contributed by atoms with Gasteiger partial charge < -0.3 is 33.8 Å². The first-order chi connectivity index (χ1) is 40.7. The van der Waals surface area contributed by atoms with Gasteiger partial charge in [0.1, 0.15) is 19.3 Å². The summed E-state index contributed by atoms with van der Waals surface area (Å²) in [5, 5.41) is 10.5. The molecule has 3 N–H and O–H groups in total. The van der Waals surface area contributed by atoms with Gasteiger partial charge in [0, 0.05) is 25.7 Å². The molecule has 0 aromatic carbocycles. The van der Waals surface area contributed by atoms with Crippen molar-refractivity contribution in [1.29, 1.82) is 0 Å². The number of ether oxygens (including phenoxy) is 4. The van der Waals surface area contributed by atoms with Crippen LogP contribution in [0.1, 0.15) is 319 Å². The second kappa shape index (κ2) is 56.1. The Kier molecular flexibility index (Phi) is 54.8. The van der Waals surface area contributed by atoms with Crippen molar-refractivity contribution in [2.75, 3.05) is 39.6 Å². The molecule has 0 rings (SSSR count). The number of aliphatic hydroxyl groups is 1. The molecule has 0 fully saturated rings. The molecule has 0 aromatic heterocycles. The number of esters is 4. The number of carbonyl (C=O) groups excluding carboxylic acids is 4. The van der Waals surface area contributed by atoms with Crippen molar-refractivity contribution < 1.29 is 80.2 Å². The first kappa shape index (κ1) is 83.1. The summed E-state index contributed by atoms with van der Waals surface area (Å²) in [6.07, 6.45) is 36.4. The smallest absolute Gasteiger partial charge is 0.462 e. The quantitative estimate of drug-likeness (QED) is 0.0222. The molecule has 0 amide bonds. The average molecular weight is 1260 g/mol. The van der Waals surface area contributed by atoms with Crippen LogP contribution in [0.4, 0.5) is 0 Å². The Hall–Kier alpha value is -1.94. The maximum Gasteiger partial charge on any atom is 0.472 e. The van der Waals surface area contributed by atoms with Crippen molar-refractivity contribution in [3.8, 4) is 0 Å². The fraction of sp³-hybridized carbons (Fsp3) is 0.939. The van der Waals surface area contributed by atoms with Gasteiger partial charge in [-0.15, -0.1) is 0 Å². The summed E-state index contributed by atoms with van der Waals surface area (Å²) < 4.78 is 68.0. The van der Waals surface area contributed by atoms with Crippen LogP contribution in [-0.2, 0) is 65.4 Å². The minimum absolute atomic E-state index is 0.101. The Labute approximate surface area is 517 Å². The standard InChI is InChI=1S/C66H128O17P2/c1-9-58(7)44-36-28-22-24-32-40-48-65(70)82-61(52-76-63(68)46-38-30-20-16-14-12-11-13-15-18-26-34-42-56(3)4)54-80-84(72,73)78-50-60(67)51-79-85(74,75)81-55-62(83-66(71)49-41-33-25-23-29-37-45-59(8)10-2)53-77-64(69)47-39-31-21-17-19-27-35-43-57(5)6/h56-62,67H,9-55H2,1-8H3,(H,72,73)(H,74,75)/t58?,59?,60?,61-,62-/m1/s1. The Balaban J connectivity index is 5.23. The molecular formula is C66H128O17P2. The molecule has 0 saturated carbocycles. The maximum atomic E-state index is 13.0. The molecule has 0 aliphatic carbocycles. The number of aliphatic hydroxyl groups excluding tert-OH is 1. The number of phosphoric ester groups is 2. The zero-order valence-corrected chi connectivity index (χ0v) is 57.0. The van der Waals surface area contributed by atoms with Crippen LogP contribution < -0.4 is 0 Å². The van der Waals surface area contributed by atoms with Gasteiger partial charge >= 0.3 is 39.5 Å². The SMILES string of the molecule is CCC(C)CCCCCCCCC(=O)O[C@H](COC(=O)CCCCCCCCCCCCCCC(C)C)COP(=O)(O)OCC(O)COP(=O)(O)OC[C@@H](COC(=O)CCCCCCCCCC(C)C)OC(=O)CCCCCCCCC(C)CC. The van der Waals surface area contributed by atoms with E-state index in [1.54, 1.807) is 0 Å². The Morgan fingerprint density at radius 3 is 0.835 bits per heavy atom. The van der Waals surface area contributed by atoms with Crippen molar-refractivity contribution in [3.63, 3.8) is 0 Å². The zero-order chi connectivity index (χ0) is 63.2. The lowest BCUT2D eigenvalue weighted by molar-refractivity contribution is -0.161. The fourth-order valence-electron chi connectivity index (χ4n) is 9.72. The topological polar surface area (TPSA) is 237 Å². The fourth-order valence-corrected chi connectivity index (χ4v) is 11.3. The second-order valence-electron chi connectivity index (χ2n) is 25.3. The summed E-state index contributed by atoms with van der Waals surface area (Å²) in [5.74, 6) is 0.786. The third kappa shape index (κ3) is 58.2. The van der Waals surface area contributed by atoms with E-state index in [9.17, 15) is 43.2 Å². The zero-order valence-electron chi connectivity index (χ0n) is 55.2. The molecule has 0 heterocycles. The van der Waals surface area contributed by atoms with Gasteiger partial charge in [-0.1, -0.05) is 267 Å². The molecular weight excluding hydrogens is 1130 g/mol. The molecule has 0 aromatic rings. The summed E-state index contributed by atoms with van der Waals surface area (Å²) in [7, 11) is -9.89. The first-order valence-corrected chi connectivity index (χ1v) is 37.3. The van der Waals surface area contributed by atoms with Crippen LogP contribution in [0.25, 0.3) is 0 Å². The Morgan fingerprint density at radius 1 is 0.329 bits per heavy atom. The first-order valence-electron chi connectivity index (χ1n) is 34.3. The number of hydrogen-bond acceptors (Lipinski definition) is 15. The number of rotatable bonds is 63. The summed E-state index contributed by atoms with van der Waals surface area (Å²) >= 11 is 0. The second-order valence-corrected chi connectivity index (χ2v) is 28.2. The highest BCUT2D eigenvalue weighted by molar-refractivity contribution is 7.47. The van der Waals surface area contributed by atoms with Gasteiger partial charge in [0.05, 0.1) is 26.4 Å². The molecule has 0 saturated heterocycles. The largest absolute Gasteiger partial charge is 0.472 e. The van der Waals surface area contributed by atoms with Crippen LogP contribution in [0, 0.1) is 23.7 Å². The van der Waals surface area contributed by atoms with Gasteiger partial charge in [-0.05, 0) is 49.4 Å². The normalized spacial score (nSPS) is 15.0. The van der Waals surface area contributed by atoms with Gasteiger partial charge in [0.2, 0.25) is 0 Å². The highest BCUT2D eigenvalue weighted by atomic mass is 31.2. The molecule has 0 spiro atoms. The molecule has 85 heavy (non-hydrogen) atoms. The van der Waals surface area contributed by atoms with Gasteiger partial charge in [0.15, 0.2) is 12.2 Å². The number of carbonyl (C=O) groups is 4. The molecule has 7 atom stereocenters. The molecule has 5 unspecified atom stereocenters. The molecule has 0 aliphatic rings. The molecule has 0 radical (unpaired) electrons. The van der Waals surface area contributed by atoms with Gasteiger partial charge in [0.25, 0.3) is 0 Å². The summed E-state index contributed by atoms with van der Waals surface area (Å²) in [6, 6.07) is 0. The maximum absolute atomic E-state index is 13.0. The summed E-state index contributed by atoms with van der Waals surface area (Å²) in [5.41, 5.74) is 0. The predicted octanol–water partition coefficient (Wildman–Crippen LogP) is 18.1. The molecule has 504 valence electrons. The molecule has 19 heteroatoms. The third-order valence-corrected chi connectivity index (χ3v) is 17.7. The van der Waals surface area contributed by atoms with Crippen molar-refractivity contribution in [2.45, 2.75) is 337 Å². The van der Waals surface area contributed by atoms with Gasteiger partial charge in [-0.2, -0.15) is 0 Å². The van der Waals surface area contributed by atoms with E-state index in [2.05, 4.69) is 55.4 Å². The van der Waals surface area contributed by atoms with Gasteiger partial charge in [-0.3, -0.25) is 37.3 Å². The summed E-state index contributed by atoms with van der Waals surface area (Å²) in [4.78, 5) is 72.3. The monoisotopic (exact) mass is 1250 g/mol. The van der Waals surface area contributed by atoms with Crippen LogP contribution in [0.15, 0.2) is 0 Å². The predicted molar refractivity (Wildman–Crippen MR) is 340 cm³/mol. The Morgan fingerprint density at radius 2 is 0.565 bits per heavy atom. The highest BCUT2D eigenvalue weighted by Crippen LogP contribution is 2.45. The van der Waals surface area contributed by atoms with Crippen molar-refractivity contribution in [3.05, 3.63) is 0 Å². The van der Waals surface area contributed by atoms with Crippen LogP contribution in [0.3, 0.4) is 0 Å². The van der Waals surface area contributed by atoms with E-state index in [0.717, 1.165) is 114 Å². The Bertz CT molecular complexity index is 1700. The van der Waals surface area contributed by atoms with Crippen LogP contribution in [0.2, 0.25) is 0 Å². The lowest BCUT2D eigenvalue weighted by atomic mass is 10.00. The van der Waals surface area contributed by atoms with Crippen LogP contribution in [0.5, 0.6) is 0 Å². The van der Waals surface area contributed by atoms with E-state index in [0.29, 0.717) is 31.6 Å². The number of phosphoric acid groups is 2. The van der Waals surface area contributed by atoms with Crippen molar-refractivity contribution in [2.24, 2.45) is 23.7 Å². The number of hydrogen-bond donors (Lipinski definition) is 3. The lowest BCUT2D eigenvalue weighted by Crippen LogP contribution is -2.30. The van der Waals surface area contributed by atoms with Crippen molar-refractivity contribution >= 4 is 39.5 Å². The minimum atomic E-state index is -4.95. The number of unbranched alkanes of at least 4 members (excludes halogenated alkanes) is 27. The molecule has 0 bridgehead atoms. The minimum Gasteiger partial charge on any atom is -0.462 e. The van der Waals surface area contributed by atoms with Crippen LogP contribution >= 0.6 is 15.6 Å². The van der Waals surface area contributed by atoms with E-state index in [1.807, 2.05) is 0 Å². The van der Waals surface area contributed by atoms with Gasteiger partial charge in [-0.25, -0.2) is 9.13 Å². The molecule has 0 aliphatic heterocycles. The van der Waals surface area contributed by atoms with E-state index in [1.165, 1.54) is 116 Å². The average Bonchev–Trinajstić information content (AvgIpc) is 3.57. The third-order valence-electron chi connectivity index (χ3n) is 15.8. The molecule has 17 nitrogen and oxygen atoms in total. The van der Waals surface area contributed by atoms with E-state index in [4.69, 9.17) is 37.0 Å². The lowest BCUT2D eigenvalue weighted by Gasteiger charge is -2.21. The van der Waals surface area contributed by atoms with E-state index in [-0.39, 0.29) is 25.7 Å². The van der Waals surface area contributed by atoms with Crippen molar-refractivity contribution in [1.82, 2.24) is 0 Å². The highest BCUT2D eigenvalue weighted by Gasteiger charge is 2.30. The van der Waals surface area contributed by atoms with Crippen LogP contribution in [-0.4, -0.2) is 96.7 Å².